The third kappa shape index (κ3) is 5.18. The summed E-state index contributed by atoms with van der Waals surface area (Å²) in [7, 11) is 0. The van der Waals surface area contributed by atoms with Crippen molar-refractivity contribution >= 4 is 40.8 Å². The van der Waals surface area contributed by atoms with Crippen molar-refractivity contribution in [1.29, 1.82) is 0 Å². The zero-order chi connectivity index (χ0) is 20.8. The number of hydroxylamine groups is 1. The second-order valence-electron chi connectivity index (χ2n) is 5.22. The van der Waals surface area contributed by atoms with Gasteiger partial charge in [-0.05, 0) is 28.5 Å². The smallest absolute Gasteiger partial charge is 0.341 e. The van der Waals surface area contributed by atoms with Gasteiger partial charge in [-0.3, -0.25) is 20.5 Å². The van der Waals surface area contributed by atoms with Crippen LogP contribution >= 0.6 is 23.4 Å². The molecule has 0 unspecified atom stereocenters. The van der Waals surface area contributed by atoms with Gasteiger partial charge in [-0.1, -0.05) is 23.4 Å². The number of H-pyrrole nitrogens is 2. The highest BCUT2D eigenvalue weighted by molar-refractivity contribution is 7.99. The van der Waals surface area contributed by atoms with Gasteiger partial charge in [0.2, 0.25) is 5.82 Å². The number of rotatable bonds is 7. The van der Waals surface area contributed by atoms with Crippen LogP contribution in [0, 0.1) is 5.82 Å². The molecule has 12 nitrogen and oxygen atoms in total. The molecular formula is C14H12ClFN8O4S. The van der Waals surface area contributed by atoms with E-state index in [2.05, 4.69) is 40.4 Å². The molecule has 0 saturated carbocycles. The van der Waals surface area contributed by atoms with E-state index in [1.807, 2.05) is 5.48 Å². The molecule has 2 heterocycles. The van der Waals surface area contributed by atoms with Crippen LogP contribution in [0.4, 0.5) is 10.1 Å². The summed E-state index contributed by atoms with van der Waals surface area (Å²) < 4.78 is 17.9. The Morgan fingerprint density at radius 2 is 2.24 bits per heavy atom. The predicted octanol–water partition coefficient (Wildman–Crippen LogP) is 0.853. The molecule has 0 bridgehead atoms. The Hall–Kier alpha value is -3.23. The minimum atomic E-state index is -0.607. The molecule has 0 atom stereocenters. The molecule has 15 heteroatoms. The number of thioether (sulfide) groups is 1. The maximum absolute atomic E-state index is 13.3. The van der Waals surface area contributed by atoms with Gasteiger partial charge in [0.15, 0.2) is 16.6 Å². The van der Waals surface area contributed by atoms with Gasteiger partial charge in [-0.15, -0.1) is 5.10 Å². The number of aromatic amines is 2. The second-order valence-corrected chi connectivity index (χ2v) is 6.71. The number of hydrogen-bond acceptors (Lipinski definition) is 9. The summed E-state index contributed by atoms with van der Waals surface area (Å²) in [6.45, 7) is 0.206. The third-order valence-corrected chi connectivity index (χ3v) is 4.51. The number of nitrogens with zero attached hydrogens (tertiary/aromatic N) is 4. The molecule has 0 aliphatic carbocycles. The molecule has 5 N–H and O–H groups in total. The minimum absolute atomic E-state index is 0.0981. The Balaban J connectivity index is 1.63. The summed E-state index contributed by atoms with van der Waals surface area (Å²) in [5, 5.41) is 25.1. The zero-order valence-corrected chi connectivity index (χ0v) is 15.8. The first kappa shape index (κ1) is 20.5. The van der Waals surface area contributed by atoms with Crippen LogP contribution in [-0.4, -0.2) is 54.7 Å². The van der Waals surface area contributed by atoms with E-state index in [-0.39, 0.29) is 39.6 Å². The van der Waals surface area contributed by atoms with Crippen LogP contribution in [-0.2, 0) is 0 Å². The second kappa shape index (κ2) is 9.31. The van der Waals surface area contributed by atoms with E-state index in [1.54, 1.807) is 0 Å². The number of nitrogens with one attached hydrogen (secondary N) is 4. The molecule has 3 rings (SSSR count). The van der Waals surface area contributed by atoms with Crippen LogP contribution in [0.25, 0.3) is 0 Å². The number of hydrogen-bond donors (Lipinski definition) is 5. The molecule has 0 spiro atoms. The number of halogens is 2. The maximum Gasteiger partial charge on any atom is 0.341 e. The largest absolute Gasteiger partial charge is 0.348 e. The Labute approximate surface area is 169 Å². The quantitative estimate of drug-likeness (QED) is 0.117. The van der Waals surface area contributed by atoms with Crippen molar-refractivity contribution in [3.63, 3.8) is 0 Å². The Bertz CT molecular complexity index is 1100. The molecule has 0 saturated heterocycles. The first-order valence-corrected chi connectivity index (χ1v) is 9.16. The fraction of sp³-hybridized carbons (Fsp3) is 0.143. The van der Waals surface area contributed by atoms with Gasteiger partial charge in [0.25, 0.3) is 5.91 Å². The van der Waals surface area contributed by atoms with E-state index in [0.29, 0.717) is 5.75 Å². The van der Waals surface area contributed by atoms with Crippen LogP contribution in [0.2, 0.25) is 5.02 Å². The fourth-order valence-corrected chi connectivity index (χ4v) is 2.94. The molecule has 0 radical (unpaired) electrons. The van der Waals surface area contributed by atoms with Gasteiger partial charge < -0.3 is 5.32 Å². The summed E-state index contributed by atoms with van der Waals surface area (Å²) in [6, 6.07) is 3.75. The standard InChI is InChI=1S/C14H12ClFN8O4S/c15-7-5-6(1-2-8(7)16)18-10(22-27)9-13(24-28-23-9)29-4-3-17-12(25)11-19-14(26)21-20-11/h1-2,5,27H,3-4H2,(H,17,25)(H,18,22)(H2,19,20,21,26). The minimum Gasteiger partial charge on any atom is -0.348 e. The number of amidine groups is 1. The molecule has 0 aliphatic heterocycles. The van der Waals surface area contributed by atoms with Crippen molar-refractivity contribution in [2.45, 2.75) is 5.03 Å². The Morgan fingerprint density at radius 1 is 1.41 bits per heavy atom. The molecule has 1 amide bonds. The van der Waals surface area contributed by atoms with Crippen molar-refractivity contribution in [3.8, 4) is 0 Å². The zero-order valence-electron chi connectivity index (χ0n) is 14.3. The van der Waals surface area contributed by atoms with E-state index in [4.69, 9.17) is 11.6 Å². The van der Waals surface area contributed by atoms with Gasteiger partial charge in [-0.25, -0.2) is 23.9 Å². The molecule has 3 aromatic rings. The van der Waals surface area contributed by atoms with Gasteiger partial charge in [0.05, 0.1) is 10.7 Å². The summed E-state index contributed by atoms with van der Waals surface area (Å²) in [5.41, 5.74) is 1.65. The lowest BCUT2D eigenvalue weighted by Gasteiger charge is -2.04. The number of carbonyl (C=O) groups is 1. The summed E-state index contributed by atoms with van der Waals surface area (Å²) in [6.07, 6.45) is 0. The number of amides is 1. The lowest BCUT2D eigenvalue weighted by molar-refractivity contribution is 0.0946. The molecule has 152 valence electrons. The molecule has 2 aromatic heterocycles. The monoisotopic (exact) mass is 442 g/mol. The van der Waals surface area contributed by atoms with Crippen molar-refractivity contribution in [2.75, 3.05) is 12.3 Å². The SMILES string of the molecule is O=C(NCCSc1nonc1C(=Nc1ccc(F)c(Cl)c1)NO)c1n[nH]c(=O)[nH]1. The molecule has 1 aromatic carbocycles. The van der Waals surface area contributed by atoms with Crippen molar-refractivity contribution in [2.24, 2.45) is 4.99 Å². The number of aliphatic imine (C=N–C) groups is 1. The number of benzene rings is 1. The molecular weight excluding hydrogens is 431 g/mol. The summed E-state index contributed by atoms with van der Waals surface area (Å²) in [5.74, 6) is -1.06. The summed E-state index contributed by atoms with van der Waals surface area (Å²) >= 11 is 6.87. The van der Waals surface area contributed by atoms with Crippen LogP contribution in [0.1, 0.15) is 16.3 Å². The van der Waals surface area contributed by atoms with E-state index >= 15 is 0 Å². The van der Waals surface area contributed by atoms with E-state index in [0.717, 1.165) is 17.8 Å². The van der Waals surface area contributed by atoms with E-state index < -0.39 is 17.4 Å². The number of aromatic nitrogens is 5. The highest BCUT2D eigenvalue weighted by Crippen LogP contribution is 2.24. The van der Waals surface area contributed by atoms with E-state index in [9.17, 15) is 19.2 Å². The fourth-order valence-electron chi connectivity index (χ4n) is 2.01. The lowest BCUT2D eigenvalue weighted by Crippen LogP contribution is -2.27. The van der Waals surface area contributed by atoms with Gasteiger partial charge in [0.1, 0.15) is 5.82 Å². The maximum atomic E-state index is 13.3. The van der Waals surface area contributed by atoms with Crippen molar-refractivity contribution < 1.29 is 19.0 Å². The van der Waals surface area contributed by atoms with Crippen LogP contribution in [0.5, 0.6) is 0 Å². The predicted molar refractivity (Wildman–Crippen MR) is 99.1 cm³/mol. The first-order chi connectivity index (χ1) is 14.0. The van der Waals surface area contributed by atoms with Gasteiger partial charge in [-0.2, -0.15) is 0 Å². The number of carbonyl (C=O) groups excluding carboxylic acids is 1. The highest BCUT2D eigenvalue weighted by Gasteiger charge is 2.17. The third-order valence-electron chi connectivity index (χ3n) is 3.28. The van der Waals surface area contributed by atoms with Crippen molar-refractivity contribution in [1.82, 2.24) is 36.3 Å². The Kier molecular flexibility index (Phi) is 6.58. The topological polar surface area (TPSA) is 174 Å². The van der Waals surface area contributed by atoms with Crippen LogP contribution in [0.15, 0.2) is 37.6 Å². The molecule has 29 heavy (non-hydrogen) atoms. The van der Waals surface area contributed by atoms with Gasteiger partial charge >= 0.3 is 5.69 Å². The highest BCUT2D eigenvalue weighted by atomic mass is 35.5. The first-order valence-electron chi connectivity index (χ1n) is 7.80. The normalized spacial score (nSPS) is 11.5. The van der Waals surface area contributed by atoms with Crippen molar-refractivity contribution in [3.05, 3.63) is 51.0 Å². The molecule has 0 fully saturated rings. The van der Waals surface area contributed by atoms with Crippen LogP contribution < -0.4 is 16.5 Å². The average Bonchev–Trinajstić information content (AvgIpc) is 3.35. The van der Waals surface area contributed by atoms with E-state index in [1.165, 1.54) is 12.1 Å². The van der Waals surface area contributed by atoms with Crippen LogP contribution in [0.3, 0.4) is 0 Å². The Morgan fingerprint density at radius 3 is 2.93 bits per heavy atom. The summed E-state index contributed by atoms with van der Waals surface area (Å²) in [4.78, 5) is 29.0. The average molecular weight is 443 g/mol. The molecule has 0 aliphatic rings. The van der Waals surface area contributed by atoms with Gasteiger partial charge in [0, 0.05) is 12.3 Å². The lowest BCUT2D eigenvalue weighted by atomic mass is 10.3.